The average Bonchev–Trinajstić information content (AvgIpc) is 2.75. The molecule has 1 heterocycles. The van der Waals surface area contributed by atoms with E-state index in [1.54, 1.807) is 7.11 Å². The van der Waals surface area contributed by atoms with Gasteiger partial charge in [-0.15, -0.1) is 0 Å². The monoisotopic (exact) mass is 405 g/mol. The van der Waals surface area contributed by atoms with Gasteiger partial charge < -0.3 is 13.9 Å². The number of halogens is 1. The Balaban J connectivity index is 1.95. The summed E-state index contributed by atoms with van der Waals surface area (Å²) in [6, 6.07) is 22.9. The number of ether oxygens (including phenoxy) is 2. The first-order valence-corrected chi connectivity index (χ1v) is 9.69. The molecule has 0 fully saturated rings. The molecule has 4 nitrogen and oxygen atoms in total. The fourth-order valence-electron chi connectivity index (χ4n) is 3.07. The normalized spacial score (nSPS) is 11.6. The molecular formula is C24H20ClNO3. The number of benzene rings is 3. The molecule has 0 amide bonds. The molecular weight excluding hydrogens is 386 g/mol. The van der Waals surface area contributed by atoms with Gasteiger partial charge in [0.2, 0.25) is 0 Å². The van der Waals surface area contributed by atoms with Gasteiger partial charge in [-0.2, -0.15) is 0 Å². The zero-order valence-electron chi connectivity index (χ0n) is 16.2. The minimum atomic E-state index is 0.591. The number of rotatable bonds is 5. The second-order valence-electron chi connectivity index (χ2n) is 6.41. The molecule has 0 saturated carbocycles. The molecule has 146 valence electrons. The standard InChI is InChI=1S/C24H20ClNO3/c1-3-28-20-11-12-23-21(14-20)22(26-18-5-4-6-19(13-18)27-2)15-24(29-23)16-7-9-17(25)10-8-16/h4-15H,3H2,1-2H3. The van der Waals surface area contributed by atoms with Crippen LogP contribution in [0.15, 0.2) is 82.2 Å². The van der Waals surface area contributed by atoms with Gasteiger partial charge in [-0.05, 0) is 61.5 Å². The van der Waals surface area contributed by atoms with E-state index in [0.29, 0.717) is 17.4 Å². The van der Waals surface area contributed by atoms with Crippen LogP contribution in [0.2, 0.25) is 5.02 Å². The Bertz CT molecular complexity index is 1210. The van der Waals surface area contributed by atoms with Crippen molar-refractivity contribution in [2.45, 2.75) is 6.92 Å². The van der Waals surface area contributed by atoms with Crippen molar-refractivity contribution in [1.29, 1.82) is 0 Å². The van der Waals surface area contributed by atoms with Gasteiger partial charge >= 0.3 is 0 Å². The van der Waals surface area contributed by atoms with Crippen LogP contribution in [-0.2, 0) is 0 Å². The van der Waals surface area contributed by atoms with Crippen LogP contribution < -0.4 is 14.8 Å². The SMILES string of the molecule is CCOc1ccc2oc(-c3ccc(Cl)cc3)cc(=Nc3cccc(OC)c3)c2c1. The maximum absolute atomic E-state index is 6.16. The molecule has 5 heteroatoms. The van der Waals surface area contributed by atoms with Gasteiger partial charge in [0.1, 0.15) is 22.8 Å². The highest BCUT2D eigenvalue weighted by molar-refractivity contribution is 6.30. The average molecular weight is 406 g/mol. The smallest absolute Gasteiger partial charge is 0.137 e. The van der Waals surface area contributed by atoms with Gasteiger partial charge in [0.15, 0.2) is 0 Å². The quantitative estimate of drug-likeness (QED) is 0.386. The predicted octanol–water partition coefficient (Wildman–Crippen LogP) is 6.39. The molecule has 0 bridgehead atoms. The van der Waals surface area contributed by atoms with E-state index in [-0.39, 0.29) is 0 Å². The summed E-state index contributed by atoms with van der Waals surface area (Å²) in [6.45, 7) is 2.55. The lowest BCUT2D eigenvalue weighted by atomic mass is 10.1. The fraction of sp³-hybridized carbons (Fsp3) is 0.125. The molecule has 29 heavy (non-hydrogen) atoms. The zero-order chi connectivity index (χ0) is 20.2. The third kappa shape index (κ3) is 4.28. The van der Waals surface area contributed by atoms with Crippen LogP contribution in [0.4, 0.5) is 5.69 Å². The highest BCUT2D eigenvalue weighted by atomic mass is 35.5. The number of hydrogen-bond donors (Lipinski definition) is 0. The van der Waals surface area contributed by atoms with E-state index in [1.165, 1.54) is 0 Å². The minimum absolute atomic E-state index is 0.591. The minimum Gasteiger partial charge on any atom is -0.497 e. The summed E-state index contributed by atoms with van der Waals surface area (Å²) in [4.78, 5) is 4.86. The Morgan fingerprint density at radius 3 is 2.52 bits per heavy atom. The van der Waals surface area contributed by atoms with E-state index in [2.05, 4.69) is 0 Å². The predicted molar refractivity (Wildman–Crippen MR) is 116 cm³/mol. The van der Waals surface area contributed by atoms with Gasteiger partial charge in [-0.25, -0.2) is 4.99 Å². The summed E-state index contributed by atoms with van der Waals surface area (Å²) < 4.78 is 17.2. The summed E-state index contributed by atoms with van der Waals surface area (Å²) in [6.07, 6.45) is 0. The lowest BCUT2D eigenvalue weighted by Gasteiger charge is -2.08. The summed E-state index contributed by atoms with van der Waals surface area (Å²) in [5.74, 6) is 2.24. The van der Waals surface area contributed by atoms with Gasteiger partial charge in [0, 0.05) is 28.1 Å². The van der Waals surface area contributed by atoms with Gasteiger partial charge in [-0.1, -0.05) is 17.7 Å². The van der Waals surface area contributed by atoms with E-state index in [0.717, 1.165) is 39.1 Å². The summed E-state index contributed by atoms with van der Waals surface area (Å²) >= 11 is 6.03. The van der Waals surface area contributed by atoms with Crippen molar-refractivity contribution < 1.29 is 13.9 Å². The van der Waals surface area contributed by atoms with Crippen molar-refractivity contribution in [1.82, 2.24) is 0 Å². The first-order valence-electron chi connectivity index (χ1n) is 9.31. The second kappa shape index (κ2) is 8.41. The Morgan fingerprint density at radius 2 is 1.76 bits per heavy atom. The highest BCUT2D eigenvalue weighted by Crippen LogP contribution is 2.27. The molecule has 0 radical (unpaired) electrons. The molecule has 0 atom stereocenters. The fourth-order valence-corrected chi connectivity index (χ4v) is 3.20. The van der Waals surface area contributed by atoms with Crippen LogP contribution in [0, 0.1) is 0 Å². The lowest BCUT2D eigenvalue weighted by Crippen LogP contribution is -2.04. The Kier molecular flexibility index (Phi) is 5.54. The first-order chi connectivity index (χ1) is 14.2. The maximum Gasteiger partial charge on any atom is 0.137 e. The van der Waals surface area contributed by atoms with Crippen molar-refractivity contribution in [2.24, 2.45) is 4.99 Å². The van der Waals surface area contributed by atoms with Crippen LogP contribution in [0.25, 0.3) is 22.3 Å². The Labute approximate surface area is 174 Å². The van der Waals surface area contributed by atoms with Crippen LogP contribution in [0.1, 0.15) is 6.92 Å². The van der Waals surface area contributed by atoms with Crippen molar-refractivity contribution >= 4 is 28.3 Å². The molecule has 0 aliphatic rings. The van der Waals surface area contributed by atoms with Crippen molar-refractivity contribution in [3.8, 4) is 22.8 Å². The van der Waals surface area contributed by atoms with E-state index in [1.807, 2.05) is 79.7 Å². The summed E-state index contributed by atoms with van der Waals surface area (Å²) in [5.41, 5.74) is 2.44. The van der Waals surface area contributed by atoms with E-state index in [9.17, 15) is 0 Å². The highest BCUT2D eigenvalue weighted by Gasteiger charge is 2.08. The molecule has 3 aromatic carbocycles. The molecule has 4 aromatic rings. The molecule has 0 saturated heterocycles. The summed E-state index contributed by atoms with van der Waals surface area (Å²) in [5, 5.41) is 2.33. The van der Waals surface area contributed by atoms with E-state index in [4.69, 9.17) is 30.5 Å². The topological polar surface area (TPSA) is 44.0 Å². The molecule has 4 rings (SSSR count). The zero-order valence-corrected chi connectivity index (χ0v) is 16.9. The number of hydrogen-bond acceptors (Lipinski definition) is 4. The largest absolute Gasteiger partial charge is 0.497 e. The van der Waals surface area contributed by atoms with Crippen molar-refractivity contribution in [2.75, 3.05) is 13.7 Å². The number of fused-ring (bicyclic) bond motifs is 1. The molecule has 0 N–H and O–H groups in total. The number of methoxy groups -OCH3 is 1. The van der Waals surface area contributed by atoms with Gasteiger partial charge in [0.25, 0.3) is 0 Å². The first kappa shape index (κ1) is 19.1. The van der Waals surface area contributed by atoms with Crippen LogP contribution in [-0.4, -0.2) is 13.7 Å². The maximum atomic E-state index is 6.16. The lowest BCUT2D eigenvalue weighted by molar-refractivity contribution is 0.340. The third-order valence-electron chi connectivity index (χ3n) is 4.46. The van der Waals surface area contributed by atoms with Crippen LogP contribution in [0.3, 0.4) is 0 Å². The van der Waals surface area contributed by atoms with Crippen LogP contribution >= 0.6 is 11.6 Å². The van der Waals surface area contributed by atoms with Gasteiger partial charge in [0.05, 0.1) is 24.8 Å². The second-order valence-corrected chi connectivity index (χ2v) is 6.84. The Morgan fingerprint density at radius 1 is 0.931 bits per heavy atom. The van der Waals surface area contributed by atoms with Gasteiger partial charge in [-0.3, -0.25) is 0 Å². The summed E-state index contributed by atoms with van der Waals surface area (Å²) in [7, 11) is 1.64. The van der Waals surface area contributed by atoms with Crippen LogP contribution in [0.5, 0.6) is 11.5 Å². The van der Waals surface area contributed by atoms with Crippen molar-refractivity contribution in [3.05, 3.63) is 83.2 Å². The molecule has 0 aliphatic carbocycles. The molecule has 0 spiro atoms. The van der Waals surface area contributed by atoms with E-state index >= 15 is 0 Å². The van der Waals surface area contributed by atoms with E-state index < -0.39 is 0 Å². The molecule has 0 unspecified atom stereocenters. The van der Waals surface area contributed by atoms with Crippen molar-refractivity contribution in [3.63, 3.8) is 0 Å². The number of nitrogens with zero attached hydrogens (tertiary/aromatic N) is 1. The third-order valence-corrected chi connectivity index (χ3v) is 4.71. The Hall–Kier alpha value is -3.24. The molecule has 1 aromatic heterocycles. The molecule has 0 aliphatic heterocycles.